The zero-order valence-corrected chi connectivity index (χ0v) is 9.91. The van der Waals surface area contributed by atoms with Gasteiger partial charge in [0.05, 0.1) is 7.11 Å². The molecule has 0 saturated carbocycles. The number of rotatable bonds is 4. The number of aryl methyl sites for hydroxylation is 2. The molecule has 0 atom stereocenters. The van der Waals surface area contributed by atoms with Crippen LogP contribution in [0.4, 0.5) is 0 Å². The van der Waals surface area contributed by atoms with Crippen molar-refractivity contribution in [3.8, 4) is 5.75 Å². The van der Waals surface area contributed by atoms with Crippen LogP contribution < -0.4 is 10.5 Å². The van der Waals surface area contributed by atoms with Gasteiger partial charge in [-0.3, -0.25) is 4.79 Å². The fraction of sp³-hybridized carbons (Fsp3) is 0.308. The second-order valence-corrected chi connectivity index (χ2v) is 3.75. The summed E-state index contributed by atoms with van der Waals surface area (Å²) in [6.45, 7) is 4.03. The van der Waals surface area contributed by atoms with E-state index < -0.39 is 0 Å². The van der Waals surface area contributed by atoms with E-state index in [1.54, 1.807) is 13.2 Å². The number of ether oxygens (including phenoxy) is 1. The average molecular weight is 219 g/mol. The molecule has 0 radical (unpaired) electrons. The molecule has 16 heavy (non-hydrogen) atoms. The molecular weight excluding hydrogens is 202 g/mol. The van der Waals surface area contributed by atoms with E-state index in [-0.39, 0.29) is 12.3 Å². The lowest BCUT2D eigenvalue weighted by molar-refractivity contribution is -0.117. The molecule has 0 fully saturated rings. The van der Waals surface area contributed by atoms with Gasteiger partial charge in [-0.25, -0.2) is 0 Å². The molecule has 0 aliphatic heterocycles. The number of amides is 1. The van der Waals surface area contributed by atoms with Crippen molar-refractivity contribution in [1.82, 2.24) is 0 Å². The van der Waals surface area contributed by atoms with Gasteiger partial charge in [-0.2, -0.15) is 0 Å². The number of hydrogen-bond donors (Lipinski definition) is 1. The van der Waals surface area contributed by atoms with Crippen LogP contribution in [0.3, 0.4) is 0 Å². The first-order valence-corrected chi connectivity index (χ1v) is 5.14. The SMILES string of the molecule is COc1cc(C)c(C=CCC(N)=O)c(C)c1. The van der Waals surface area contributed by atoms with Gasteiger partial charge >= 0.3 is 0 Å². The maximum atomic E-state index is 10.6. The van der Waals surface area contributed by atoms with Gasteiger partial charge in [0.1, 0.15) is 5.75 Å². The van der Waals surface area contributed by atoms with Crippen LogP contribution in [0.2, 0.25) is 0 Å². The van der Waals surface area contributed by atoms with E-state index in [1.807, 2.05) is 32.1 Å². The summed E-state index contributed by atoms with van der Waals surface area (Å²) in [6, 6.07) is 3.94. The van der Waals surface area contributed by atoms with Crippen LogP contribution in [-0.2, 0) is 4.79 Å². The van der Waals surface area contributed by atoms with Crippen LogP contribution in [0.5, 0.6) is 5.75 Å². The summed E-state index contributed by atoms with van der Waals surface area (Å²) < 4.78 is 5.18. The Morgan fingerprint density at radius 1 is 1.38 bits per heavy atom. The normalized spacial score (nSPS) is 10.7. The molecule has 2 N–H and O–H groups in total. The second-order valence-electron chi connectivity index (χ2n) is 3.75. The Morgan fingerprint density at radius 2 is 1.94 bits per heavy atom. The van der Waals surface area contributed by atoms with Crippen molar-refractivity contribution in [2.75, 3.05) is 7.11 Å². The largest absolute Gasteiger partial charge is 0.497 e. The van der Waals surface area contributed by atoms with Crippen LogP contribution in [0, 0.1) is 13.8 Å². The van der Waals surface area contributed by atoms with Gasteiger partial charge < -0.3 is 10.5 Å². The first kappa shape index (κ1) is 12.3. The molecule has 3 heteroatoms. The van der Waals surface area contributed by atoms with Crippen LogP contribution in [0.1, 0.15) is 23.1 Å². The lowest BCUT2D eigenvalue weighted by Crippen LogP contribution is -2.07. The van der Waals surface area contributed by atoms with Gasteiger partial charge in [0, 0.05) is 6.42 Å². The Labute approximate surface area is 95.9 Å². The minimum absolute atomic E-state index is 0.269. The lowest BCUT2D eigenvalue weighted by atomic mass is 10.0. The average Bonchev–Trinajstić information content (AvgIpc) is 2.21. The van der Waals surface area contributed by atoms with Crippen LogP contribution in [0.15, 0.2) is 18.2 Å². The molecular formula is C13H17NO2. The fourth-order valence-corrected chi connectivity index (χ4v) is 1.61. The Bertz CT molecular complexity index is 399. The first-order chi connectivity index (χ1) is 7.54. The van der Waals surface area contributed by atoms with Crippen molar-refractivity contribution < 1.29 is 9.53 Å². The molecule has 1 rings (SSSR count). The summed E-state index contributed by atoms with van der Waals surface area (Å²) in [5.41, 5.74) is 8.43. The second kappa shape index (κ2) is 5.35. The zero-order chi connectivity index (χ0) is 12.1. The van der Waals surface area contributed by atoms with Crippen LogP contribution >= 0.6 is 0 Å². The number of methoxy groups -OCH3 is 1. The number of carbonyl (C=O) groups is 1. The number of carbonyl (C=O) groups excluding carboxylic acids is 1. The molecule has 0 bridgehead atoms. The van der Waals surface area contributed by atoms with E-state index in [0.717, 1.165) is 22.4 Å². The van der Waals surface area contributed by atoms with Gasteiger partial charge in [0.25, 0.3) is 0 Å². The standard InChI is InChI=1S/C13H17NO2/c1-9-7-11(16-3)8-10(2)12(9)5-4-6-13(14)15/h4-5,7-8H,6H2,1-3H3,(H2,14,15). The van der Waals surface area contributed by atoms with Crippen LogP contribution in [0.25, 0.3) is 6.08 Å². The Hall–Kier alpha value is -1.77. The van der Waals surface area contributed by atoms with E-state index >= 15 is 0 Å². The number of nitrogens with two attached hydrogens (primary N) is 1. The summed E-state index contributed by atoms with van der Waals surface area (Å²) in [5.74, 6) is 0.530. The summed E-state index contributed by atoms with van der Waals surface area (Å²) >= 11 is 0. The molecule has 1 amide bonds. The van der Waals surface area contributed by atoms with Crippen molar-refractivity contribution in [2.24, 2.45) is 5.73 Å². The molecule has 86 valence electrons. The van der Waals surface area contributed by atoms with Crippen molar-refractivity contribution in [3.05, 3.63) is 34.9 Å². The number of benzene rings is 1. The first-order valence-electron chi connectivity index (χ1n) is 5.14. The summed E-state index contributed by atoms with van der Waals surface area (Å²) in [4.78, 5) is 10.6. The van der Waals surface area contributed by atoms with Crippen molar-refractivity contribution in [3.63, 3.8) is 0 Å². The third kappa shape index (κ3) is 3.12. The minimum atomic E-state index is -0.319. The minimum Gasteiger partial charge on any atom is -0.497 e. The highest BCUT2D eigenvalue weighted by molar-refractivity contribution is 5.76. The molecule has 0 saturated heterocycles. The van der Waals surface area contributed by atoms with E-state index in [9.17, 15) is 4.79 Å². The number of hydrogen-bond acceptors (Lipinski definition) is 2. The summed E-state index contributed by atoms with van der Waals surface area (Å²) in [5, 5.41) is 0. The predicted molar refractivity (Wildman–Crippen MR) is 65.3 cm³/mol. The predicted octanol–water partition coefficient (Wildman–Crippen LogP) is 2.20. The topological polar surface area (TPSA) is 52.3 Å². The smallest absolute Gasteiger partial charge is 0.221 e. The maximum absolute atomic E-state index is 10.6. The summed E-state index contributed by atoms with van der Waals surface area (Å²) in [7, 11) is 1.65. The molecule has 1 aromatic rings. The van der Waals surface area contributed by atoms with Gasteiger partial charge in [0.2, 0.25) is 5.91 Å². The molecule has 3 nitrogen and oxygen atoms in total. The molecule has 1 aromatic carbocycles. The third-order valence-electron chi connectivity index (χ3n) is 2.41. The lowest BCUT2D eigenvalue weighted by Gasteiger charge is -2.08. The van der Waals surface area contributed by atoms with E-state index in [1.165, 1.54) is 0 Å². The molecule has 0 unspecified atom stereocenters. The highest BCUT2D eigenvalue weighted by Gasteiger charge is 2.02. The van der Waals surface area contributed by atoms with Crippen LogP contribution in [-0.4, -0.2) is 13.0 Å². The van der Waals surface area contributed by atoms with Crippen molar-refractivity contribution in [1.29, 1.82) is 0 Å². The van der Waals surface area contributed by atoms with Gasteiger partial charge in [0.15, 0.2) is 0 Å². The fourth-order valence-electron chi connectivity index (χ4n) is 1.61. The Balaban J connectivity index is 2.96. The molecule has 0 aliphatic rings. The Morgan fingerprint density at radius 3 is 2.38 bits per heavy atom. The Kier molecular flexibility index (Phi) is 4.11. The molecule has 0 aromatic heterocycles. The quantitative estimate of drug-likeness (QED) is 0.844. The van der Waals surface area contributed by atoms with Gasteiger partial charge in [-0.15, -0.1) is 0 Å². The monoisotopic (exact) mass is 219 g/mol. The maximum Gasteiger partial charge on any atom is 0.221 e. The van der Waals surface area contributed by atoms with Crippen molar-refractivity contribution in [2.45, 2.75) is 20.3 Å². The van der Waals surface area contributed by atoms with Crippen molar-refractivity contribution >= 4 is 12.0 Å². The summed E-state index contributed by atoms with van der Waals surface area (Å²) in [6.07, 6.45) is 3.98. The molecule has 0 spiro atoms. The molecule has 0 heterocycles. The highest BCUT2D eigenvalue weighted by Crippen LogP contribution is 2.22. The van der Waals surface area contributed by atoms with E-state index in [4.69, 9.17) is 10.5 Å². The van der Waals surface area contributed by atoms with Gasteiger partial charge in [-0.05, 0) is 42.7 Å². The third-order valence-corrected chi connectivity index (χ3v) is 2.41. The number of primary amides is 1. The highest BCUT2D eigenvalue weighted by atomic mass is 16.5. The van der Waals surface area contributed by atoms with E-state index in [2.05, 4.69) is 0 Å². The van der Waals surface area contributed by atoms with Gasteiger partial charge in [-0.1, -0.05) is 12.2 Å². The van der Waals surface area contributed by atoms with E-state index in [0.29, 0.717) is 0 Å². The molecule has 0 aliphatic carbocycles. The zero-order valence-electron chi connectivity index (χ0n) is 9.91.